The number of hydrogen-bond donors (Lipinski definition) is 1. The van der Waals surface area contributed by atoms with Gasteiger partial charge in [-0.3, -0.25) is 14.4 Å². The first-order valence-corrected chi connectivity index (χ1v) is 10.1. The van der Waals surface area contributed by atoms with Gasteiger partial charge in [-0.05, 0) is 37.5 Å². The number of likely N-dealkylation sites (tertiary alicyclic amines) is 2. The molecule has 0 atom stereocenters. The first-order valence-electron chi connectivity index (χ1n) is 10.1. The number of amides is 2. The third-order valence-electron chi connectivity index (χ3n) is 5.84. The summed E-state index contributed by atoms with van der Waals surface area (Å²) in [5.74, 6) is -0.653. The smallest absolute Gasteiger partial charge is 0.242 e. The van der Waals surface area contributed by atoms with Gasteiger partial charge in [-0.15, -0.1) is 0 Å². The summed E-state index contributed by atoms with van der Waals surface area (Å²) >= 11 is 0. The Labute approximate surface area is 173 Å². The molecule has 1 aromatic carbocycles. The number of ketones is 1. The Kier molecular flexibility index (Phi) is 5.52. The standard InChI is InChI=1S/C21H24FN5O3/c22-15-3-1-4-16(11-15)27-21(23)17(12-24-27)20(30)14-6-9-25(10-7-14)19(29)13-26-8-2-5-18(26)28/h1,3-4,11-12,14H,2,5-10,13,23H2. The summed E-state index contributed by atoms with van der Waals surface area (Å²) in [6, 6.07) is 5.84. The largest absolute Gasteiger partial charge is 0.383 e. The maximum Gasteiger partial charge on any atom is 0.242 e. The van der Waals surface area contributed by atoms with E-state index in [1.165, 1.54) is 23.0 Å². The molecule has 1 aromatic heterocycles. The number of anilines is 1. The van der Waals surface area contributed by atoms with Crippen LogP contribution < -0.4 is 5.73 Å². The van der Waals surface area contributed by atoms with Gasteiger partial charge in [-0.1, -0.05) is 6.07 Å². The van der Waals surface area contributed by atoms with Crippen molar-refractivity contribution in [1.29, 1.82) is 0 Å². The van der Waals surface area contributed by atoms with Crippen LogP contribution in [-0.2, 0) is 9.59 Å². The van der Waals surface area contributed by atoms with Gasteiger partial charge >= 0.3 is 0 Å². The molecule has 4 rings (SSSR count). The highest BCUT2D eigenvalue weighted by molar-refractivity contribution is 6.01. The van der Waals surface area contributed by atoms with E-state index in [0.717, 1.165) is 6.42 Å². The number of piperidine rings is 1. The Bertz CT molecular complexity index is 981. The zero-order valence-corrected chi connectivity index (χ0v) is 16.6. The summed E-state index contributed by atoms with van der Waals surface area (Å²) in [7, 11) is 0. The van der Waals surface area contributed by atoms with Crippen LogP contribution in [-0.4, -0.2) is 63.4 Å². The lowest BCUT2D eigenvalue weighted by molar-refractivity contribution is -0.139. The van der Waals surface area contributed by atoms with Crippen LogP contribution >= 0.6 is 0 Å². The number of nitrogens with zero attached hydrogens (tertiary/aromatic N) is 4. The molecule has 2 aliphatic heterocycles. The van der Waals surface area contributed by atoms with Gasteiger partial charge in [0.25, 0.3) is 0 Å². The van der Waals surface area contributed by atoms with Crippen LogP contribution in [0.2, 0.25) is 0 Å². The molecular weight excluding hydrogens is 389 g/mol. The van der Waals surface area contributed by atoms with Crippen molar-refractivity contribution in [2.24, 2.45) is 5.92 Å². The van der Waals surface area contributed by atoms with Gasteiger partial charge in [-0.25, -0.2) is 9.07 Å². The van der Waals surface area contributed by atoms with E-state index in [4.69, 9.17) is 5.73 Å². The number of aromatic nitrogens is 2. The lowest BCUT2D eigenvalue weighted by Gasteiger charge is -2.32. The molecule has 2 aliphatic rings. The van der Waals surface area contributed by atoms with Crippen molar-refractivity contribution >= 4 is 23.4 Å². The van der Waals surface area contributed by atoms with Crippen LogP contribution in [0, 0.1) is 11.7 Å². The van der Waals surface area contributed by atoms with Crippen molar-refractivity contribution in [1.82, 2.24) is 19.6 Å². The van der Waals surface area contributed by atoms with Gasteiger partial charge in [0, 0.05) is 32.0 Å². The molecule has 2 amide bonds. The quantitative estimate of drug-likeness (QED) is 0.751. The Morgan fingerprint density at radius 3 is 2.63 bits per heavy atom. The fourth-order valence-electron chi connectivity index (χ4n) is 4.11. The van der Waals surface area contributed by atoms with Crippen LogP contribution in [0.25, 0.3) is 5.69 Å². The second kappa shape index (κ2) is 8.25. The monoisotopic (exact) mass is 413 g/mol. The number of rotatable bonds is 5. The summed E-state index contributed by atoms with van der Waals surface area (Å²) in [4.78, 5) is 40.5. The lowest BCUT2D eigenvalue weighted by Crippen LogP contribution is -2.45. The summed E-state index contributed by atoms with van der Waals surface area (Å²) < 4.78 is 14.8. The summed E-state index contributed by atoms with van der Waals surface area (Å²) in [5.41, 5.74) is 6.89. The van der Waals surface area contributed by atoms with Gasteiger partial charge < -0.3 is 15.5 Å². The minimum Gasteiger partial charge on any atom is -0.383 e. The third-order valence-corrected chi connectivity index (χ3v) is 5.84. The van der Waals surface area contributed by atoms with Crippen LogP contribution in [0.3, 0.4) is 0 Å². The number of benzene rings is 1. The van der Waals surface area contributed by atoms with Crippen molar-refractivity contribution in [3.63, 3.8) is 0 Å². The number of halogens is 1. The van der Waals surface area contributed by atoms with Crippen molar-refractivity contribution in [3.8, 4) is 5.69 Å². The fraction of sp³-hybridized carbons (Fsp3) is 0.429. The number of nitrogen functional groups attached to an aromatic ring is 1. The van der Waals surface area contributed by atoms with Gasteiger partial charge in [0.1, 0.15) is 11.6 Å². The zero-order valence-electron chi connectivity index (χ0n) is 16.6. The van der Waals surface area contributed by atoms with Crippen molar-refractivity contribution in [3.05, 3.63) is 41.8 Å². The Morgan fingerprint density at radius 2 is 1.97 bits per heavy atom. The molecule has 2 aromatic rings. The summed E-state index contributed by atoms with van der Waals surface area (Å²) in [6.07, 6.45) is 3.79. The average molecular weight is 413 g/mol. The van der Waals surface area contributed by atoms with E-state index < -0.39 is 5.82 Å². The SMILES string of the molecule is Nc1c(C(=O)C2CCN(C(=O)CN3CCCC3=O)CC2)cnn1-c1cccc(F)c1. The van der Waals surface area contributed by atoms with Gasteiger partial charge in [0.2, 0.25) is 11.8 Å². The van der Waals surface area contributed by atoms with Gasteiger partial charge in [0.15, 0.2) is 5.78 Å². The van der Waals surface area contributed by atoms with E-state index in [1.54, 1.807) is 21.9 Å². The highest BCUT2D eigenvalue weighted by atomic mass is 19.1. The molecule has 0 radical (unpaired) electrons. The van der Waals surface area contributed by atoms with Crippen molar-refractivity contribution < 1.29 is 18.8 Å². The first-order chi connectivity index (χ1) is 14.4. The van der Waals surface area contributed by atoms with Crippen LogP contribution in [0.5, 0.6) is 0 Å². The minimum absolute atomic E-state index is 0.0270. The van der Waals surface area contributed by atoms with Crippen LogP contribution in [0.4, 0.5) is 10.2 Å². The molecule has 0 saturated carbocycles. The van der Waals surface area contributed by atoms with E-state index in [1.807, 2.05) is 0 Å². The van der Waals surface area contributed by atoms with Crippen LogP contribution in [0.15, 0.2) is 30.5 Å². The van der Waals surface area contributed by atoms with Gasteiger partial charge in [0.05, 0.1) is 24.0 Å². The molecule has 3 heterocycles. The number of hydrogen-bond acceptors (Lipinski definition) is 5. The highest BCUT2D eigenvalue weighted by Crippen LogP contribution is 2.26. The molecule has 9 heteroatoms. The topological polar surface area (TPSA) is 102 Å². The average Bonchev–Trinajstić information content (AvgIpc) is 3.33. The van der Waals surface area contributed by atoms with Crippen molar-refractivity contribution in [2.45, 2.75) is 25.7 Å². The molecule has 2 fully saturated rings. The molecule has 2 saturated heterocycles. The number of carbonyl (C=O) groups is 3. The molecule has 30 heavy (non-hydrogen) atoms. The molecule has 158 valence electrons. The molecule has 8 nitrogen and oxygen atoms in total. The first kappa shape index (κ1) is 20.1. The fourth-order valence-corrected chi connectivity index (χ4v) is 4.11. The second-order valence-corrected chi connectivity index (χ2v) is 7.77. The van der Waals surface area contributed by atoms with E-state index in [9.17, 15) is 18.8 Å². The number of carbonyl (C=O) groups excluding carboxylic acids is 3. The number of Topliss-reactive ketones (excluding diaryl/α,β-unsaturated/α-hetero) is 1. The summed E-state index contributed by atoms with van der Waals surface area (Å²) in [6.45, 7) is 1.68. The third kappa shape index (κ3) is 3.92. The molecule has 0 spiro atoms. The maximum atomic E-state index is 13.5. The van der Waals surface area contributed by atoms with Gasteiger partial charge in [-0.2, -0.15) is 5.10 Å². The molecule has 0 bridgehead atoms. The minimum atomic E-state index is -0.414. The van der Waals surface area contributed by atoms with E-state index >= 15 is 0 Å². The predicted molar refractivity (Wildman–Crippen MR) is 107 cm³/mol. The Morgan fingerprint density at radius 1 is 1.20 bits per heavy atom. The zero-order chi connectivity index (χ0) is 21.3. The lowest BCUT2D eigenvalue weighted by atomic mass is 9.89. The molecule has 2 N–H and O–H groups in total. The van der Waals surface area contributed by atoms with E-state index in [0.29, 0.717) is 50.1 Å². The Hall–Kier alpha value is -3.23. The van der Waals surface area contributed by atoms with E-state index in [2.05, 4.69) is 5.10 Å². The second-order valence-electron chi connectivity index (χ2n) is 7.77. The number of nitrogens with two attached hydrogens (primary N) is 1. The predicted octanol–water partition coefficient (Wildman–Crippen LogP) is 1.64. The maximum absolute atomic E-state index is 13.5. The molecular formula is C21H24FN5O3. The molecule has 0 unspecified atom stereocenters. The van der Waals surface area contributed by atoms with E-state index in [-0.39, 0.29) is 35.9 Å². The Balaban J connectivity index is 1.38. The van der Waals surface area contributed by atoms with Crippen molar-refractivity contribution in [2.75, 3.05) is 31.9 Å². The highest BCUT2D eigenvalue weighted by Gasteiger charge is 2.31. The summed E-state index contributed by atoms with van der Waals surface area (Å²) in [5, 5.41) is 4.15. The normalized spacial score (nSPS) is 17.6. The van der Waals surface area contributed by atoms with Crippen LogP contribution in [0.1, 0.15) is 36.0 Å². The molecule has 0 aliphatic carbocycles.